The maximum atomic E-state index is 13.3. The fraction of sp³-hybridized carbons (Fsp3) is 0.385. The first-order valence-corrected chi connectivity index (χ1v) is 12.5. The van der Waals surface area contributed by atoms with Gasteiger partial charge in [0.1, 0.15) is 0 Å². The van der Waals surface area contributed by atoms with Gasteiger partial charge in [-0.15, -0.1) is 0 Å². The third-order valence-corrected chi connectivity index (χ3v) is 7.99. The van der Waals surface area contributed by atoms with E-state index in [1.54, 1.807) is 31.2 Å². The van der Waals surface area contributed by atoms with Gasteiger partial charge >= 0.3 is 5.97 Å². The molecule has 1 unspecified atom stereocenters. The number of fused-ring (bicyclic) bond motifs is 4. The average molecular weight is 452 g/mol. The summed E-state index contributed by atoms with van der Waals surface area (Å²) in [6.07, 6.45) is 5.98. The van der Waals surface area contributed by atoms with E-state index in [1.807, 2.05) is 38.1 Å². The quantitative estimate of drug-likeness (QED) is 0.484. The van der Waals surface area contributed by atoms with Gasteiger partial charge < -0.3 is 4.74 Å². The third kappa shape index (κ3) is 4.04. The molecule has 2 aliphatic rings. The fourth-order valence-electron chi connectivity index (χ4n) is 4.93. The summed E-state index contributed by atoms with van der Waals surface area (Å²) in [5, 5.41) is 0. The SMILES string of the molecule is CCOC(=O)[C@@]1(C)/C=C\Cc2ccccc2C2CC[C@@H]1/C2=N\S(=O)(=O)c1ccc(C)cc1. The average Bonchev–Trinajstić information content (AvgIpc) is 3.18. The number of rotatable bonds is 4. The Morgan fingerprint density at radius 2 is 1.84 bits per heavy atom. The van der Waals surface area contributed by atoms with E-state index < -0.39 is 15.4 Å². The van der Waals surface area contributed by atoms with E-state index in [4.69, 9.17) is 4.74 Å². The first kappa shape index (κ1) is 22.5. The van der Waals surface area contributed by atoms with Gasteiger partial charge in [-0.3, -0.25) is 4.79 Å². The molecule has 6 heteroatoms. The summed E-state index contributed by atoms with van der Waals surface area (Å²) in [5.74, 6) is -0.840. The van der Waals surface area contributed by atoms with Crippen molar-refractivity contribution in [2.75, 3.05) is 6.61 Å². The lowest BCUT2D eigenvalue weighted by molar-refractivity contribution is -0.153. The Morgan fingerprint density at radius 3 is 2.56 bits per heavy atom. The lowest BCUT2D eigenvalue weighted by Gasteiger charge is -2.31. The minimum atomic E-state index is -3.92. The molecule has 32 heavy (non-hydrogen) atoms. The fourth-order valence-corrected chi connectivity index (χ4v) is 6.04. The van der Waals surface area contributed by atoms with Crippen LogP contribution in [0.2, 0.25) is 0 Å². The second kappa shape index (κ2) is 8.66. The van der Waals surface area contributed by atoms with Crippen molar-refractivity contribution in [2.24, 2.45) is 15.7 Å². The van der Waals surface area contributed by atoms with Crippen molar-refractivity contribution in [1.29, 1.82) is 0 Å². The maximum absolute atomic E-state index is 13.3. The summed E-state index contributed by atoms with van der Waals surface area (Å²) in [5.41, 5.74) is 2.77. The number of sulfonamides is 1. The van der Waals surface area contributed by atoms with Crippen molar-refractivity contribution >= 4 is 21.7 Å². The summed E-state index contributed by atoms with van der Waals surface area (Å²) in [6.45, 7) is 5.81. The number of esters is 1. The van der Waals surface area contributed by atoms with Gasteiger partial charge in [0.25, 0.3) is 10.0 Å². The monoisotopic (exact) mass is 451 g/mol. The number of hydrogen-bond acceptors (Lipinski definition) is 4. The van der Waals surface area contributed by atoms with Gasteiger partial charge in [-0.2, -0.15) is 12.8 Å². The summed E-state index contributed by atoms with van der Waals surface area (Å²) in [7, 11) is -3.92. The number of carbonyl (C=O) groups is 1. The van der Waals surface area contributed by atoms with Crippen LogP contribution in [-0.4, -0.2) is 26.7 Å². The number of ether oxygens (including phenoxy) is 1. The summed E-state index contributed by atoms with van der Waals surface area (Å²) in [6, 6.07) is 14.8. The molecular weight excluding hydrogens is 422 g/mol. The Labute approximate surface area is 190 Å². The molecule has 0 amide bonds. The molecule has 0 aromatic heterocycles. The molecule has 4 rings (SSSR count). The molecule has 2 aliphatic carbocycles. The zero-order valence-corrected chi connectivity index (χ0v) is 19.6. The van der Waals surface area contributed by atoms with Crippen LogP contribution in [0.15, 0.2) is 70.0 Å². The van der Waals surface area contributed by atoms with Gasteiger partial charge in [0.05, 0.1) is 16.9 Å². The second-order valence-corrected chi connectivity index (χ2v) is 10.4. The second-order valence-electron chi connectivity index (χ2n) is 8.80. The van der Waals surface area contributed by atoms with Crippen LogP contribution in [-0.2, 0) is 26.0 Å². The van der Waals surface area contributed by atoms with Crippen molar-refractivity contribution in [3.8, 4) is 0 Å². The first-order chi connectivity index (χ1) is 15.3. The van der Waals surface area contributed by atoms with Crippen LogP contribution in [0.1, 0.15) is 49.3 Å². The van der Waals surface area contributed by atoms with Crippen LogP contribution in [0, 0.1) is 18.3 Å². The Hall–Kier alpha value is -2.73. The van der Waals surface area contributed by atoms with E-state index in [0.29, 0.717) is 18.6 Å². The summed E-state index contributed by atoms with van der Waals surface area (Å²) < 4.78 is 36.5. The summed E-state index contributed by atoms with van der Waals surface area (Å²) >= 11 is 0. The molecule has 2 bridgehead atoms. The molecule has 0 heterocycles. The van der Waals surface area contributed by atoms with Crippen LogP contribution in [0.4, 0.5) is 0 Å². The molecule has 0 spiro atoms. The molecule has 1 fully saturated rings. The van der Waals surface area contributed by atoms with Crippen molar-refractivity contribution in [2.45, 2.75) is 50.8 Å². The van der Waals surface area contributed by atoms with E-state index in [9.17, 15) is 13.2 Å². The third-order valence-electron chi connectivity index (χ3n) is 6.67. The van der Waals surface area contributed by atoms with Gasteiger partial charge in [0, 0.05) is 17.5 Å². The predicted octanol–water partition coefficient (Wildman–Crippen LogP) is 5.00. The van der Waals surface area contributed by atoms with Crippen molar-refractivity contribution in [3.63, 3.8) is 0 Å². The van der Waals surface area contributed by atoms with Crippen LogP contribution in [0.3, 0.4) is 0 Å². The first-order valence-electron chi connectivity index (χ1n) is 11.1. The molecule has 0 radical (unpaired) electrons. The molecule has 5 nitrogen and oxygen atoms in total. The van der Waals surface area contributed by atoms with Crippen LogP contribution < -0.4 is 0 Å². The molecule has 3 atom stereocenters. The van der Waals surface area contributed by atoms with Crippen LogP contribution in [0.5, 0.6) is 0 Å². The van der Waals surface area contributed by atoms with Gasteiger partial charge in [0.2, 0.25) is 0 Å². The highest BCUT2D eigenvalue weighted by molar-refractivity contribution is 7.90. The molecule has 0 aliphatic heterocycles. The zero-order valence-electron chi connectivity index (χ0n) is 18.7. The van der Waals surface area contributed by atoms with Gasteiger partial charge in [-0.05, 0) is 63.3 Å². The van der Waals surface area contributed by atoms with Gasteiger partial charge in [-0.1, -0.05) is 54.1 Å². The lowest BCUT2D eigenvalue weighted by Crippen LogP contribution is -2.39. The Bertz CT molecular complexity index is 1180. The van der Waals surface area contributed by atoms with E-state index in [1.165, 1.54) is 0 Å². The minimum absolute atomic E-state index is 0.148. The van der Waals surface area contributed by atoms with Crippen molar-refractivity contribution in [3.05, 3.63) is 77.4 Å². The van der Waals surface area contributed by atoms with E-state index in [-0.39, 0.29) is 29.3 Å². The molecular formula is C26H29NO4S. The van der Waals surface area contributed by atoms with Crippen LogP contribution in [0.25, 0.3) is 0 Å². The molecule has 2 aromatic rings. The molecule has 0 saturated heterocycles. The maximum Gasteiger partial charge on any atom is 0.316 e. The highest BCUT2D eigenvalue weighted by Crippen LogP contribution is 2.48. The highest BCUT2D eigenvalue weighted by atomic mass is 32.2. The normalized spacial score (nSPS) is 27.2. The molecule has 0 N–H and O–H groups in total. The van der Waals surface area contributed by atoms with E-state index in [0.717, 1.165) is 23.1 Å². The van der Waals surface area contributed by atoms with E-state index in [2.05, 4.69) is 16.5 Å². The van der Waals surface area contributed by atoms with Crippen molar-refractivity contribution in [1.82, 2.24) is 0 Å². The number of allylic oxidation sites excluding steroid dienone is 1. The topological polar surface area (TPSA) is 72.8 Å². The Kier molecular flexibility index (Phi) is 6.08. The number of benzene rings is 2. The van der Waals surface area contributed by atoms with E-state index >= 15 is 0 Å². The summed E-state index contributed by atoms with van der Waals surface area (Å²) in [4.78, 5) is 13.3. The lowest BCUT2D eigenvalue weighted by atomic mass is 9.74. The van der Waals surface area contributed by atoms with Crippen molar-refractivity contribution < 1.29 is 17.9 Å². The van der Waals surface area contributed by atoms with Gasteiger partial charge in [0.15, 0.2) is 0 Å². The largest absolute Gasteiger partial charge is 0.465 e. The van der Waals surface area contributed by atoms with Gasteiger partial charge in [-0.25, -0.2) is 0 Å². The highest BCUT2D eigenvalue weighted by Gasteiger charge is 2.49. The standard InChI is InChI=1S/C26H29NO4S/c1-4-31-25(28)26(3)17-7-9-19-8-5-6-10-21(19)22-15-16-23(26)24(22)27-32(29,30)20-13-11-18(2)12-14-20/h5-8,10-14,17,22-23H,4,9,15-16H2,1-3H3/b17-7-,27-24-/t22?,23-,26+/m1/s1. The molecule has 168 valence electrons. The number of aryl methyl sites for hydroxylation is 1. The number of nitrogens with zero attached hydrogens (tertiary/aromatic N) is 1. The Morgan fingerprint density at radius 1 is 1.12 bits per heavy atom. The molecule has 1 saturated carbocycles. The van der Waals surface area contributed by atoms with Crippen LogP contribution >= 0.6 is 0 Å². The number of hydrogen-bond donors (Lipinski definition) is 0. The zero-order chi connectivity index (χ0) is 22.9. The Balaban J connectivity index is 1.90. The number of carbonyl (C=O) groups excluding carboxylic acids is 1. The molecule has 2 aromatic carbocycles. The predicted molar refractivity (Wildman–Crippen MR) is 125 cm³/mol. The minimum Gasteiger partial charge on any atom is -0.465 e. The smallest absolute Gasteiger partial charge is 0.316 e.